The van der Waals surface area contributed by atoms with Gasteiger partial charge in [-0.05, 0) is 91.5 Å². The molecule has 0 heterocycles. The van der Waals surface area contributed by atoms with Crippen LogP contribution in [0.5, 0.6) is 5.75 Å². The number of carbonyl (C=O) groups excluding carboxylic acids is 2. The van der Waals surface area contributed by atoms with E-state index >= 15 is 0 Å². The molecule has 0 radical (unpaired) electrons. The second-order valence-electron chi connectivity index (χ2n) is 11.0. The Bertz CT molecular complexity index is 1330. The first kappa shape index (κ1) is 34.3. The van der Waals surface area contributed by atoms with Gasteiger partial charge in [0, 0.05) is 30.3 Å². The van der Waals surface area contributed by atoms with Crippen LogP contribution in [0.1, 0.15) is 44.2 Å². The van der Waals surface area contributed by atoms with Crippen molar-refractivity contribution in [3.05, 3.63) is 102 Å². The van der Waals surface area contributed by atoms with Crippen LogP contribution < -0.4 is 4.74 Å². The van der Waals surface area contributed by atoms with Crippen LogP contribution in [0.15, 0.2) is 91.0 Å². The van der Waals surface area contributed by atoms with Gasteiger partial charge in [-0.2, -0.15) is 0 Å². The maximum absolute atomic E-state index is 11.9. The Hall–Kier alpha value is -4.20. The number of ether oxygens (including phenoxy) is 3. The van der Waals surface area contributed by atoms with Crippen molar-refractivity contribution in [2.24, 2.45) is 5.92 Å². The molecule has 2 N–H and O–H groups in total. The number of aliphatic hydroxyl groups is 2. The van der Waals surface area contributed by atoms with Gasteiger partial charge in [0.25, 0.3) is 0 Å². The summed E-state index contributed by atoms with van der Waals surface area (Å²) in [4.78, 5) is 23.8. The summed E-state index contributed by atoms with van der Waals surface area (Å²) >= 11 is 0. The molecule has 0 atom stereocenters. The van der Waals surface area contributed by atoms with Gasteiger partial charge in [-0.1, -0.05) is 67.8 Å². The Kier molecular flexibility index (Phi) is 13.9. The molecule has 0 spiro atoms. The first-order valence-corrected chi connectivity index (χ1v) is 15.0. The standard InChI is InChI=1S/C37H44O7/c1-26(2)36(40)43-19-8-12-32-22-34(31-16-14-30(15-17-31)29-10-6-5-7-11-29)23-33(13-9-20-44-37(41)27(3)4)35(32)42-21-18-28(24-38)25-39/h5-7,10-11,14-17,22-23,28,38-39H,1,3,8-9,12-13,18-21,24-25H2,2,4H3. The lowest BCUT2D eigenvalue weighted by Crippen LogP contribution is -2.16. The number of carbonyl (C=O) groups is 2. The molecule has 7 nitrogen and oxygen atoms in total. The van der Waals surface area contributed by atoms with E-state index in [2.05, 4.69) is 61.7 Å². The summed E-state index contributed by atoms with van der Waals surface area (Å²) in [5.41, 5.74) is 6.94. The number of hydrogen-bond donors (Lipinski definition) is 2. The first-order chi connectivity index (χ1) is 21.2. The van der Waals surface area contributed by atoms with Gasteiger partial charge in [0.2, 0.25) is 0 Å². The fourth-order valence-electron chi connectivity index (χ4n) is 4.63. The Morgan fingerprint density at radius 2 is 1.14 bits per heavy atom. The van der Waals surface area contributed by atoms with E-state index in [4.69, 9.17) is 14.2 Å². The van der Waals surface area contributed by atoms with Gasteiger partial charge in [-0.25, -0.2) is 9.59 Å². The average Bonchev–Trinajstić information content (AvgIpc) is 3.04. The van der Waals surface area contributed by atoms with Crippen molar-refractivity contribution in [2.45, 2.75) is 46.0 Å². The molecule has 7 heteroatoms. The number of benzene rings is 3. The molecular formula is C37H44O7. The highest BCUT2D eigenvalue weighted by molar-refractivity contribution is 5.87. The lowest BCUT2D eigenvalue weighted by molar-refractivity contribution is -0.139. The van der Waals surface area contributed by atoms with E-state index < -0.39 is 11.9 Å². The molecule has 0 amide bonds. The maximum atomic E-state index is 11.9. The predicted molar refractivity (Wildman–Crippen MR) is 173 cm³/mol. The van der Waals surface area contributed by atoms with E-state index in [9.17, 15) is 19.8 Å². The topological polar surface area (TPSA) is 102 Å². The largest absolute Gasteiger partial charge is 0.493 e. The summed E-state index contributed by atoms with van der Waals surface area (Å²) in [7, 11) is 0. The second kappa shape index (κ2) is 17.8. The number of aryl methyl sites for hydroxylation is 2. The number of hydrogen-bond acceptors (Lipinski definition) is 7. The molecule has 0 unspecified atom stereocenters. The molecule has 234 valence electrons. The third kappa shape index (κ3) is 10.5. The summed E-state index contributed by atoms with van der Waals surface area (Å²) in [6, 6.07) is 22.8. The molecule has 0 saturated carbocycles. The van der Waals surface area contributed by atoms with Crippen molar-refractivity contribution < 1.29 is 34.0 Å². The summed E-state index contributed by atoms with van der Waals surface area (Å²) in [6.45, 7) is 11.1. The normalized spacial score (nSPS) is 10.8. The lowest BCUT2D eigenvalue weighted by Gasteiger charge is -2.20. The number of esters is 2. The van der Waals surface area contributed by atoms with E-state index in [-0.39, 0.29) is 32.3 Å². The lowest BCUT2D eigenvalue weighted by atomic mass is 9.93. The minimum Gasteiger partial charge on any atom is -0.493 e. The summed E-state index contributed by atoms with van der Waals surface area (Å²) in [5, 5.41) is 19.1. The van der Waals surface area contributed by atoms with Crippen molar-refractivity contribution in [1.29, 1.82) is 0 Å². The Labute approximate surface area is 260 Å². The van der Waals surface area contributed by atoms with E-state index in [0.717, 1.165) is 39.1 Å². The van der Waals surface area contributed by atoms with Crippen LogP contribution in [-0.4, -0.2) is 55.2 Å². The highest BCUT2D eigenvalue weighted by atomic mass is 16.5. The molecule has 0 fully saturated rings. The molecule has 3 aromatic carbocycles. The first-order valence-electron chi connectivity index (χ1n) is 15.0. The van der Waals surface area contributed by atoms with Crippen molar-refractivity contribution in [1.82, 2.24) is 0 Å². The smallest absolute Gasteiger partial charge is 0.333 e. The average molecular weight is 601 g/mol. The van der Waals surface area contributed by atoms with Gasteiger partial charge < -0.3 is 24.4 Å². The van der Waals surface area contributed by atoms with Gasteiger partial charge in [-0.15, -0.1) is 0 Å². The van der Waals surface area contributed by atoms with E-state index in [1.54, 1.807) is 13.8 Å². The minimum absolute atomic E-state index is 0.125. The number of aliphatic hydroxyl groups excluding tert-OH is 2. The molecule has 44 heavy (non-hydrogen) atoms. The van der Waals surface area contributed by atoms with Gasteiger partial charge in [-0.3, -0.25) is 0 Å². The minimum atomic E-state index is -0.419. The van der Waals surface area contributed by atoms with Crippen LogP contribution in [0.4, 0.5) is 0 Å². The Morgan fingerprint density at radius 3 is 1.59 bits per heavy atom. The van der Waals surface area contributed by atoms with Crippen LogP contribution in [0, 0.1) is 5.92 Å². The van der Waals surface area contributed by atoms with E-state index in [1.807, 2.05) is 18.2 Å². The quantitative estimate of drug-likeness (QED) is 0.0977. The van der Waals surface area contributed by atoms with Crippen LogP contribution in [0.2, 0.25) is 0 Å². The molecular weight excluding hydrogens is 556 g/mol. The van der Waals surface area contributed by atoms with E-state index in [0.29, 0.717) is 49.9 Å². The monoisotopic (exact) mass is 600 g/mol. The van der Waals surface area contributed by atoms with Crippen molar-refractivity contribution in [3.63, 3.8) is 0 Å². The molecule has 0 aliphatic heterocycles. The molecule has 0 aromatic heterocycles. The Morgan fingerprint density at radius 1 is 0.682 bits per heavy atom. The zero-order valence-electron chi connectivity index (χ0n) is 25.8. The molecule has 3 rings (SSSR count). The molecule has 0 saturated heterocycles. The maximum Gasteiger partial charge on any atom is 0.333 e. The van der Waals surface area contributed by atoms with Gasteiger partial charge in [0.1, 0.15) is 5.75 Å². The van der Waals surface area contributed by atoms with Crippen molar-refractivity contribution >= 4 is 11.9 Å². The van der Waals surface area contributed by atoms with Gasteiger partial charge in [0.15, 0.2) is 0 Å². The highest BCUT2D eigenvalue weighted by Gasteiger charge is 2.16. The van der Waals surface area contributed by atoms with Crippen molar-refractivity contribution in [3.8, 4) is 28.0 Å². The fraction of sp³-hybridized carbons (Fsp3) is 0.351. The summed E-state index contributed by atoms with van der Waals surface area (Å²) < 4.78 is 17.0. The van der Waals surface area contributed by atoms with Crippen LogP contribution in [0.3, 0.4) is 0 Å². The third-order valence-electron chi connectivity index (χ3n) is 7.20. The zero-order chi connectivity index (χ0) is 31.9. The van der Waals surface area contributed by atoms with Gasteiger partial charge in [0.05, 0.1) is 19.8 Å². The second-order valence-corrected chi connectivity index (χ2v) is 11.0. The van der Waals surface area contributed by atoms with Crippen LogP contribution >= 0.6 is 0 Å². The number of rotatable bonds is 18. The predicted octanol–water partition coefficient (Wildman–Crippen LogP) is 6.49. The zero-order valence-corrected chi connectivity index (χ0v) is 25.8. The van der Waals surface area contributed by atoms with Crippen LogP contribution in [0.25, 0.3) is 22.3 Å². The van der Waals surface area contributed by atoms with Gasteiger partial charge >= 0.3 is 11.9 Å². The Balaban J connectivity index is 1.93. The fourth-order valence-corrected chi connectivity index (χ4v) is 4.63. The molecule has 3 aromatic rings. The summed E-state index contributed by atoms with van der Waals surface area (Å²) in [5.74, 6) is -0.385. The highest BCUT2D eigenvalue weighted by Crippen LogP contribution is 2.34. The van der Waals surface area contributed by atoms with Crippen molar-refractivity contribution in [2.75, 3.05) is 33.0 Å². The molecule has 0 aliphatic rings. The SMILES string of the molecule is C=C(C)C(=O)OCCCc1cc(-c2ccc(-c3ccccc3)cc2)cc(CCCOC(=O)C(=C)C)c1OCCC(CO)CO. The molecule has 0 bridgehead atoms. The summed E-state index contributed by atoms with van der Waals surface area (Å²) in [6.07, 6.45) is 2.83. The van der Waals surface area contributed by atoms with E-state index in [1.165, 1.54) is 0 Å². The third-order valence-corrected chi connectivity index (χ3v) is 7.20. The van der Waals surface area contributed by atoms with Crippen LogP contribution in [-0.2, 0) is 31.9 Å². The molecule has 0 aliphatic carbocycles.